The normalized spacial score (nSPS) is 12.4. The van der Waals surface area contributed by atoms with Gasteiger partial charge in [0.25, 0.3) is 0 Å². The molecule has 3 nitrogen and oxygen atoms in total. The minimum Gasteiger partial charge on any atom is -0.507 e. The zero-order valence-electron chi connectivity index (χ0n) is 20.2. The molecule has 3 rings (SSSR count). The number of hydrogen-bond donors (Lipinski definition) is 1. The minimum absolute atomic E-state index is 0.0208. The van der Waals surface area contributed by atoms with Crippen molar-refractivity contribution < 1.29 is 31.8 Å². The maximum atomic E-state index is 14.1. The number of ether oxygens (including phenoxy) is 1. The lowest BCUT2D eigenvalue weighted by Crippen LogP contribution is -2.17. The Kier molecular flexibility index (Phi) is 6.97. The van der Waals surface area contributed by atoms with Crippen molar-refractivity contribution in [1.82, 2.24) is 0 Å². The third-order valence-electron chi connectivity index (χ3n) is 5.40. The quantitative estimate of drug-likeness (QED) is 0.173. The number of para-hydroxylation sites is 2. The number of hydrogen-bond acceptors (Lipinski definition) is 3. The Balaban J connectivity index is 2.09. The van der Waals surface area contributed by atoms with Crippen molar-refractivity contribution in [3.05, 3.63) is 82.2 Å². The van der Waals surface area contributed by atoms with E-state index in [4.69, 9.17) is 4.74 Å². The van der Waals surface area contributed by atoms with Gasteiger partial charge >= 0.3 is 0 Å². The van der Waals surface area contributed by atoms with E-state index in [9.17, 15) is 27.1 Å². The Morgan fingerprint density at radius 3 is 1.86 bits per heavy atom. The van der Waals surface area contributed by atoms with Gasteiger partial charge in [0, 0.05) is 17.3 Å². The van der Waals surface area contributed by atoms with Gasteiger partial charge < -0.3 is 9.84 Å². The molecule has 0 radical (unpaired) electrons. The van der Waals surface area contributed by atoms with Crippen LogP contribution in [0.15, 0.2) is 41.4 Å². The van der Waals surface area contributed by atoms with Gasteiger partial charge in [-0.05, 0) is 34.6 Å². The predicted octanol–water partition coefficient (Wildman–Crippen LogP) is 8.23. The predicted molar refractivity (Wildman–Crippen MR) is 126 cm³/mol. The van der Waals surface area contributed by atoms with Crippen molar-refractivity contribution in [2.24, 2.45) is 4.99 Å². The molecule has 0 fully saturated rings. The fourth-order valence-corrected chi connectivity index (χ4v) is 3.33. The fraction of sp³-hybridized carbons (Fsp3) is 0.296. The first-order valence-corrected chi connectivity index (χ1v) is 10.8. The van der Waals surface area contributed by atoms with E-state index in [1.54, 1.807) is 12.1 Å². The number of aliphatic imine (C=N–C) groups is 1. The molecule has 35 heavy (non-hydrogen) atoms. The summed E-state index contributed by atoms with van der Waals surface area (Å²) in [6.45, 7) is 12.0. The highest BCUT2D eigenvalue weighted by atomic mass is 19.2. The molecular weight excluding hydrogens is 465 g/mol. The van der Waals surface area contributed by atoms with E-state index in [2.05, 4.69) is 4.99 Å². The molecule has 0 bridgehead atoms. The largest absolute Gasteiger partial charge is 0.507 e. The molecule has 0 spiro atoms. The molecule has 0 aliphatic carbocycles. The standard InChI is InChI=1S/C27H26F5NO2/c1-26(2,3)15-11-14(24(34)16(12-15)27(4,5)6)13-33-17-9-7-8-10-18(17)35-25-22(31)20(29)19(28)21(30)23(25)32/h7-13,34H,1-6H3/b33-13+. The molecule has 0 aliphatic rings. The molecule has 0 aliphatic heterocycles. The molecule has 0 amide bonds. The van der Waals surface area contributed by atoms with E-state index in [1.165, 1.54) is 24.4 Å². The summed E-state index contributed by atoms with van der Waals surface area (Å²) in [7, 11) is 0. The first kappa shape index (κ1) is 26.2. The summed E-state index contributed by atoms with van der Waals surface area (Å²) in [6.07, 6.45) is 1.36. The smallest absolute Gasteiger partial charge is 0.207 e. The topological polar surface area (TPSA) is 41.8 Å². The van der Waals surface area contributed by atoms with Crippen LogP contribution in [0.1, 0.15) is 58.2 Å². The van der Waals surface area contributed by atoms with Gasteiger partial charge in [-0.2, -0.15) is 8.78 Å². The number of aromatic hydroxyl groups is 1. The van der Waals surface area contributed by atoms with E-state index >= 15 is 0 Å². The first-order chi connectivity index (χ1) is 16.1. The van der Waals surface area contributed by atoms with Crippen molar-refractivity contribution in [1.29, 1.82) is 0 Å². The number of halogens is 5. The fourth-order valence-electron chi connectivity index (χ4n) is 3.33. The average molecular weight is 492 g/mol. The minimum atomic E-state index is -2.28. The SMILES string of the molecule is CC(C)(C)c1cc(/C=N/c2ccccc2Oc2c(F)c(F)c(F)c(F)c2F)c(O)c(C(C)(C)C)c1. The number of nitrogens with zero attached hydrogens (tertiary/aromatic N) is 1. The molecule has 0 saturated heterocycles. The first-order valence-electron chi connectivity index (χ1n) is 10.8. The lowest BCUT2D eigenvalue weighted by atomic mass is 9.79. The van der Waals surface area contributed by atoms with Crippen molar-refractivity contribution in [3.63, 3.8) is 0 Å². The van der Waals surface area contributed by atoms with Gasteiger partial charge in [0.1, 0.15) is 11.4 Å². The van der Waals surface area contributed by atoms with Gasteiger partial charge in [0.15, 0.2) is 5.75 Å². The second kappa shape index (κ2) is 9.32. The van der Waals surface area contributed by atoms with Crippen molar-refractivity contribution in [3.8, 4) is 17.2 Å². The Morgan fingerprint density at radius 1 is 0.771 bits per heavy atom. The summed E-state index contributed by atoms with van der Waals surface area (Å²) < 4.78 is 73.9. The van der Waals surface area contributed by atoms with Crippen LogP contribution >= 0.6 is 0 Å². The molecule has 1 N–H and O–H groups in total. The highest BCUT2D eigenvalue weighted by Gasteiger charge is 2.28. The molecule has 0 unspecified atom stereocenters. The molecule has 0 aromatic heterocycles. The zero-order valence-corrected chi connectivity index (χ0v) is 20.2. The van der Waals surface area contributed by atoms with Gasteiger partial charge in [0.2, 0.25) is 34.8 Å². The van der Waals surface area contributed by atoms with Gasteiger partial charge in [-0.15, -0.1) is 0 Å². The number of phenols is 1. The van der Waals surface area contributed by atoms with Crippen LogP contribution in [-0.2, 0) is 10.8 Å². The third kappa shape index (κ3) is 5.31. The maximum Gasteiger partial charge on any atom is 0.207 e. The summed E-state index contributed by atoms with van der Waals surface area (Å²) >= 11 is 0. The van der Waals surface area contributed by atoms with Crippen LogP contribution in [0.4, 0.5) is 27.6 Å². The molecule has 3 aromatic carbocycles. The Bertz CT molecular complexity index is 1280. The van der Waals surface area contributed by atoms with Gasteiger partial charge in [-0.1, -0.05) is 59.7 Å². The third-order valence-corrected chi connectivity index (χ3v) is 5.40. The van der Waals surface area contributed by atoms with Crippen LogP contribution in [0.3, 0.4) is 0 Å². The highest BCUT2D eigenvalue weighted by molar-refractivity contribution is 5.87. The van der Waals surface area contributed by atoms with Crippen LogP contribution in [-0.4, -0.2) is 11.3 Å². The molecule has 0 saturated carbocycles. The number of benzene rings is 3. The summed E-state index contributed by atoms with van der Waals surface area (Å²) in [5, 5.41) is 10.9. The van der Waals surface area contributed by atoms with E-state index in [0.29, 0.717) is 11.1 Å². The Morgan fingerprint density at radius 2 is 1.31 bits per heavy atom. The Labute approximate surface area is 200 Å². The van der Waals surface area contributed by atoms with E-state index < -0.39 is 34.8 Å². The lowest BCUT2D eigenvalue weighted by Gasteiger charge is -2.27. The van der Waals surface area contributed by atoms with E-state index in [0.717, 1.165) is 5.56 Å². The summed E-state index contributed by atoms with van der Waals surface area (Å²) in [6, 6.07) is 9.44. The van der Waals surface area contributed by atoms with Gasteiger partial charge in [0.05, 0.1) is 0 Å². The van der Waals surface area contributed by atoms with Crippen LogP contribution in [0.25, 0.3) is 0 Å². The van der Waals surface area contributed by atoms with E-state index in [-0.39, 0.29) is 28.0 Å². The Hall–Kier alpha value is -3.42. The van der Waals surface area contributed by atoms with Crippen LogP contribution in [0.5, 0.6) is 17.2 Å². The zero-order chi connectivity index (χ0) is 26.3. The molecule has 0 heterocycles. The average Bonchev–Trinajstić information content (AvgIpc) is 2.77. The van der Waals surface area contributed by atoms with Crippen LogP contribution in [0, 0.1) is 29.1 Å². The second-order valence-electron chi connectivity index (χ2n) is 10.2. The van der Waals surface area contributed by atoms with Crippen molar-refractivity contribution >= 4 is 11.9 Å². The summed E-state index contributed by atoms with van der Waals surface area (Å²) in [5.74, 6) is -12.3. The summed E-state index contributed by atoms with van der Waals surface area (Å²) in [5.41, 5.74) is 1.50. The molecule has 0 atom stereocenters. The number of phenolic OH excluding ortho intramolecular Hbond substituents is 1. The molecular formula is C27H26F5NO2. The van der Waals surface area contributed by atoms with E-state index in [1.807, 2.05) is 47.6 Å². The molecule has 3 aromatic rings. The van der Waals surface area contributed by atoms with Crippen molar-refractivity contribution in [2.75, 3.05) is 0 Å². The number of rotatable bonds is 4. The van der Waals surface area contributed by atoms with Gasteiger partial charge in [-0.25, -0.2) is 13.2 Å². The lowest BCUT2D eigenvalue weighted by molar-refractivity contribution is 0.332. The summed E-state index contributed by atoms with van der Waals surface area (Å²) in [4.78, 5) is 4.29. The van der Waals surface area contributed by atoms with Crippen LogP contribution in [0.2, 0.25) is 0 Å². The van der Waals surface area contributed by atoms with Crippen LogP contribution < -0.4 is 4.74 Å². The second-order valence-corrected chi connectivity index (χ2v) is 10.2. The monoisotopic (exact) mass is 491 g/mol. The van der Waals surface area contributed by atoms with Gasteiger partial charge in [-0.3, -0.25) is 4.99 Å². The van der Waals surface area contributed by atoms with Crippen molar-refractivity contribution in [2.45, 2.75) is 52.4 Å². The molecule has 186 valence electrons. The maximum absolute atomic E-state index is 14.1. The molecule has 8 heteroatoms. The highest BCUT2D eigenvalue weighted by Crippen LogP contribution is 2.39.